The van der Waals surface area contributed by atoms with Gasteiger partial charge in [-0.15, -0.1) is 0 Å². The maximum atomic E-state index is 12.0. The highest BCUT2D eigenvalue weighted by Gasteiger charge is 2.29. The summed E-state index contributed by atoms with van der Waals surface area (Å²) in [6, 6.07) is -0.0899. The Kier molecular flexibility index (Phi) is 4.41. The van der Waals surface area contributed by atoms with E-state index in [4.69, 9.17) is 9.84 Å². The highest BCUT2D eigenvalue weighted by molar-refractivity contribution is 5.76. The fraction of sp³-hybridized carbons (Fsp3) is 0.833. The Morgan fingerprint density at radius 3 is 2.78 bits per heavy atom. The molecule has 2 amide bonds. The first-order chi connectivity index (χ1) is 8.66. The van der Waals surface area contributed by atoms with Crippen LogP contribution in [0, 0.1) is 5.92 Å². The monoisotopic (exact) mass is 256 g/mol. The second-order valence-corrected chi connectivity index (χ2v) is 4.99. The number of carbonyl (C=O) groups is 2. The van der Waals surface area contributed by atoms with Crippen molar-refractivity contribution in [1.29, 1.82) is 0 Å². The Labute approximate surface area is 106 Å². The zero-order valence-corrected chi connectivity index (χ0v) is 10.4. The summed E-state index contributed by atoms with van der Waals surface area (Å²) in [5, 5.41) is 11.9. The summed E-state index contributed by atoms with van der Waals surface area (Å²) in [7, 11) is 0. The van der Waals surface area contributed by atoms with Gasteiger partial charge >= 0.3 is 12.0 Å². The third kappa shape index (κ3) is 3.35. The van der Waals surface area contributed by atoms with Gasteiger partial charge in [-0.25, -0.2) is 4.79 Å². The van der Waals surface area contributed by atoms with Gasteiger partial charge in [0, 0.05) is 19.7 Å². The van der Waals surface area contributed by atoms with E-state index in [9.17, 15) is 9.59 Å². The smallest absolute Gasteiger partial charge is 0.317 e. The van der Waals surface area contributed by atoms with Crippen LogP contribution in [0.3, 0.4) is 0 Å². The first-order valence-corrected chi connectivity index (χ1v) is 6.53. The Hall–Kier alpha value is -1.30. The molecule has 2 aliphatic heterocycles. The van der Waals surface area contributed by atoms with Crippen molar-refractivity contribution in [2.45, 2.75) is 31.7 Å². The zero-order valence-electron chi connectivity index (χ0n) is 10.4. The van der Waals surface area contributed by atoms with Gasteiger partial charge in [0.1, 0.15) is 0 Å². The standard InChI is InChI=1S/C12H20N2O4/c15-11(16)9-3-1-5-14(7-9)12(17)13-10-4-2-6-18-8-10/h9-10H,1-8H2,(H,13,17)(H,15,16)/t9?,10-/m1/s1. The van der Waals surface area contributed by atoms with E-state index in [1.54, 1.807) is 4.90 Å². The number of amides is 2. The Morgan fingerprint density at radius 1 is 1.28 bits per heavy atom. The van der Waals surface area contributed by atoms with Crippen molar-refractivity contribution in [3.05, 3.63) is 0 Å². The molecule has 102 valence electrons. The normalized spacial score (nSPS) is 28.8. The number of carbonyl (C=O) groups excluding carboxylic acids is 1. The minimum absolute atomic E-state index is 0.0662. The van der Waals surface area contributed by atoms with Gasteiger partial charge in [0.05, 0.1) is 18.6 Å². The summed E-state index contributed by atoms with van der Waals surface area (Å²) >= 11 is 0. The summed E-state index contributed by atoms with van der Waals surface area (Å²) in [5.41, 5.74) is 0. The Morgan fingerprint density at radius 2 is 2.11 bits per heavy atom. The molecule has 2 rings (SSSR count). The number of rotatable bonds is 2. The van der Waals surface area contributed by atoms with Gasteiger partial charge in [-0.05, 0) is 25.7 Å². The van der Waals surface area contributed by atoms with Gasteiger partial charge in [-0.3, -0.25) is 4.79 Å². The van der Waals surface area contributed by atoms with Crippen LogP contribution in [-0.4, -0.2) is 54.4 Å². The molecule has 1 unspecified atom stereocenters. The lowest BCUT2D eigenvalue weighted by atomic mass is 9.98. The minimum atomic E-state index is -0.812. The average molecular weight is 256 g/mol. The van der Waals surface area contributed by atoms with Crippen molar-refractivity contribution < 1.29 is 19.4 Å². The summed E-state index contributed by atoms with van der Waals surface area (Å²) in [6.07, 6.45) is 3.31. The van der Waals surface area contributed by atoms with Crippen LogP contribution in [0.2, 0.25) is 0 Å². The lowest BCUT2D eigenvalue weighted by molar-refractivity contribution is -0.143. The molecule has 2 atom stereocenters. The van der Waals surface area contributed by atoms with Gasteiger partial charge in [0.25, 0.3) is 0 Å². The fourth-order valence-electron chi connectivity index (χ4n) is 2.48. The maximum absolute atomic E-state index is 12.0. The van der Waals surface area contributed by atoms with Gasteiger partial charge in [0.2, 0.25) is 0 Å². The van der Waals surface area contributed by atoms with Crippen molar-refractivity contribution in [3.8, 4) is 0 Å². The zero-order chi connectivity index (χ0) is 13.0. The Bertz CT molecular complexity index is 315. The van der Waals surface area contributed by atoms with Gasteiger partial charge in [-0.2, -0.15) is 0 Å². The summed E-state index contributed by atoms with van der Waals surface area (Å²) in [5.74, 6) is -1.24. The number of carboxylic acid groups (broad SMARTS) is 1. The van der Waals surface area contributed by atoms with E-state index in [-0.39, 0.29) is 12.1 Å². The van der Waals surface area contributed by atoms with E-state index in [1.807, 2.05) is 0 Å². The lowest BCUT2D eigenvalue weighted by Crippen LogP contribution is -2.51. The maximum Gasteiger partial charge on any atom is 0.317 e. The van der Waals surface area contributed by atoms with Crippen molar-refractivity contribution >= 4 is 12.0 Å². The molecule has 2 saturated heterocycles. The number of piperidine rings is 1. The number of nitrogens with one attached hydrogen (secondary N) is 1. The van der Waals surface area contributed by atoms with Crippen LogP contribution in [0.25, 0.3) is 0 Å². The molecule has 0 aliphatic carbocycles. The number of hydrogen-bond donors (Lipinski definition) is 2. The third-order valence-electron chi connectivity index (χ3n) is 3.55. The van der Waals surface area contributed by atoms with Crippen molar-refractivity contribution in [1.82, 2.24) is 10.2 Å². The largest absolute Gasteiger partial charge is 0.481 e. The fourth-order valence-corrected chi connectivity index (χ4v) is 2.48. The van der Waals surface area contributed by atoms with E-state index >= 15 is 0 Å². The highest BCUT2D eigenvalue weighted by Crippen LogP contribution is 2.17. The van der Waals surface area contributed by atoms with Crippen molar-refractivity contribution in [3.63, 3.8) is 0 Å². The molecule has 0 aromatic carbocycles. The van der Waals surface area contributed by atoms with Crippen LogP contribution >= 0.6 is 0 Å². The van der Waals surface area contributed by atoms with Crippen molar-refractivity contribution in [2.24, 2.45) is 5.92 Å². The van der Waals surface area contributed by atoms with Crippen LogP contribution < -0.4 is 5.32 Å². The second kappa shape index (κ2) is 6.04. The highest BCUT2D eigenvalue weighted by atomic mass is 16.5. The van der Waals surface area contributed by atoms with E-state index in [1.165, 1.54) is 0 Å². The predicted octanol–water partition coefficient (Wildman–Crippen LogP) is 0.672. The number of nitrogens with zero attached hydrogens (tertiary/aromatic N) is 1. The van der Waals surface area contributed by atoms with Gasteiger partial charge in [-0.1, -0.05) is 0 Å². The number of urea groups is 1. The molecule has 0 bridgehead atoms. The molecule has 2 N–H and O–H groups in total. The molecule has 0 aromatic rings. The van der Waals surface area contributed by atoms with E-state index in [0.29, 0.717) is 26.1 Å². The summed E-state index contributed by atoms with van der Waals surface area (Å²) < 4.78 is 5.30. The average Bonchev–Trinajstić information content (AvgIpc) is 2.40. The lowest BCUT2D eigenvalue weighted by Gasteiger charge is -2.33. The topological polar surface area (TPSA) is 78.9 Å². The van der Waals surface area contributed by atoms with Crippen molar-refractivity contribution in [2.75, 3.05) is 26.3 Å². The molecule has 2 heterocycles. The van der Waals surface area contributed by atoms with Crippen LogP contribution in [0.15, 0.2) is 0 Å². The number of aliphatic carboxylic acids is 1. The van der Waals surface area contributed by atoms with E-state index in [0.717, 1.165) is 25.9 Å². The molecule has 0 saturated carbocycles. The summed E-state index contributed by atoms with van der Waals surface area (Å²) in [4.78, 5) is 24.5. The molecule has 2 aliphatic rings. The molecule has 0 aromatic heterocycles. The van der Waals surface area contributed by atoms with Crippen LogP contribution in [-0.2, 0) is 9.53 Å². The molecule has 6 nitrogen and oxygen atoms in total. The quantitative estimate of drug-likeness (QED) is 0.761. The van der Waals surface area contributed by atoms with Gasteiger partial charge < -0.3 is 20.1 Å². The minimum Gasteiger partial charge on any atom is -0.481 e. The summed E-state index contributed by atoms with van der Waals surface area (Å²) in [6.45, 7) is 2.27. The number of likely N-dealkylation sites (tertiary alicyclic amines) is 1. The molecular formula is C12H20N2O4. The third-order valence-corrected chi connectivity index (χ3v) is 3.55. The first kappa shape index (κ1) is 13.1. The Balaban J connectivity index is 1.82. The molecule has 0 radical (unpaired) electrons. The van der Waals surface area contributed by atoms with E-state index < -0.39 is 11.9 Å². The second-order valence-electron chi connectivity index (χ2n) is 4.99. The number of ether oxygens (including phenoxy) is 1. The van der Waals surface area contributed by atoms with Gasteiger partial charge in [0.15, 0.2) is 0 Å². The molecule has 18 heavy (non-hydrogen) atoms. The molecular weight excluding hydrogens is 236 g/mol. The number of carboxylic acids is 1. The predicted molar refractivity (Wildman–Crippen MR) is 64.3 cm³/mol. The van der Waals surface area contributed by atoms with Crippen LogP contribution in [0.5, 0.6) is 0 Å². The molecule has 0 spiro atoms. The van der Waals surface area contributed by atoms with Crippen LogP contribution in [0.1, 0.15) is 25.7 Å². The first-order valence-electron chi connectivity index (χ1n) is 6.53. The number of hydrogen-bond acceptors (Lipinski definition) is 3. The SMILES string of the molecule is O=C(O)C1CCCN(C(=O)N[C@@H]2CCCOC2)C1. The molecule has 6 heteroatoms. The van der Waals surface area contributed by atoms with Crippen LogP contribution in [0.4, 0.5) is 4.79 Å². The van der Waals surface area contributed by atoms with E-state index in [2.05, 4.69) is 5.32 Å². The molecule has 2 fully saturated rings.